The molecule has 0 saturated carbocycles. The van der Waals surface area contributed by atoms with E-state index in [4.69, 9.17) is 26.0 Å². The molecule has 0 amide bonds. The van der Waals surface area contributed by atoms with E-state index in [1.807, 2.05) is 13.0 Å². The van der Waals surface area contributed by atoms with Gasteiger partial charge in [-0.3, -0.25) is 0 Å². The number of benzene rings is 2. The molecule has 8 nitrogen and oxygen atoms in total. The summed E-state index contributed by atoms with van der Waals surface area (Å²) in [6.07, 6.45) is 4.58. The molecular formula is C24H32N2O6. The molecule has 0 bridgehead atoms. The van der Waals surface area contributed by atoms with Crippen LogP contribution in [0.2, 0.25) is 0 Å². The molecule has 174 valence electrons. The summed E-state index contributed by atoms with van der Waals surface area (Å²) in [6, 6.07) is 13.6. The van der Waals surface area contributed by atoms with Crippen molar-refractivity contribution in [3.8, 4) is 11.5 Å². The van der Waals surface area contributed by atoms with Crippen LogP contribution in [0.4, 0.5) is 0 Å². The van der Waals surface area contributed by atoms with Crippen molar-refractivity contribution in [2.45, 2.75) is 31.8 Å². The average Bonchev–Trinajstić information content (AvgIpc) is 2.82. The molecule has 2 atom stereocenters. The van der Waals surface area contributed by atoms with Crippen LogP contribution in [0.3, 0.4) is 0 Å². The van der Waals surface area contributed by atoms with Crippen molar-refractivity contribution in [1.29, 1.82) is 0 Å². The highest BCUT2D eigenvalue weighted by Gasteiger charge is 2.11. The lowest BCUT2D eigenvalue weighted by Gasteiger charge is -2.18. The van der Waals surface area contributed by atoms with Gasteiger partial charge in [0.25, 0.3) is 0 Å². The lowest BCUT2D eigenvalue weighted by atomic mass is 10.1. The van der Waals surface area contributed by atoms with Crippen LogP contribution in [0.25, 0.3) is 6.08 Å². The predicted molar refractivity (Wildman–Crippen MR) is 124 cm³/mol. The van der Waals surface area contributed by atoms with Gasteiger partial charge in [-0.1, -0.05) is 31.2 Å². The summed E-state index contributed by atoms with van der Waals surface area (Å²) in [4.78, 5) is 21.3. The van der Waals surface area contributed by atoms with Gasteiger partial charge in [-0.05, 0) is 48.7 Å². The lowest BCUT2D eigenvalue weighted by Crippen LogP contribution is -2.35. The first-order chi connectivity index (χ1) is 15.3. The van der Waals surface area contributed by atoms with E-state index < -0.39 is 11.9 Å². The van der Waals surface area contributed by atoms with Crippen molar-refractivity contribution in [3.05, 3.63) is 65.7 Å². The Bertz CT molecular complexity index is 870. The van der Waals surface area contributed by atoms with E-state index in [1.54, 1.807) is 55.7 Å². The Kier molecular flexibility index (Phi) is 12.2. The maximum absolute atomic E-state index is 11.1. The number of ether oxygens (including phenoxy) is 3. The van der Waals surface area contributed by atoms with E-state index in [-0.39, 0.29) is 12.1 Å². The molecule has 2 aromatic carbocycles. The summed E-state index contributed by atoms with van der Waals surface area (Å²) in [5.41, 5.74) is 13.0. The van der Waals surface area contributed by atoms with Gasteiger partial charge in [-0.25, -0.2) is 9.59 Å². The molecule has 0 fully saturated rings. The average molecular weight is 445 g/mol. The molecule has 0 aliphatic rings. The zero-order valence-electron chi connectivity index (χ0n) is 18.7. The maximum Gasteiger partial charge on any atom is 0.335 e. The number of rotatable bonds is 10. The molecule has 0 aliphatic heterocycles. The Morgan fingerprint density at radius 2 is 1.72 bits per heavy atom. The highest BCUT2D eigenvalue weighted by Crippen LogP contribution is 2.28. The molecule has 32 heavy (non-hydrogen) atoms. The van der Waals surface area contributed by atoms with Crippen LogP contribution in [-0.4, -0.2) is 50.0 Å². The Hall–Kier alpha value is -3.36. The fraction of sp³-hybridized carbons (Fsp3) is 0.333. The van der Waals surface area contributed by atoms with E-state index in [0.717, 1.165) is 12.0 Å². The van der Waals surface area contributed by atoms with Gasteiger partial charge >= 0.3 is 11.9 Å². The minimum absolute atomic E-state index is 0.0846. The number of hydrogen-bond donors (Lipinski definition) is 3. The third kappa shape index (κ3) is 10.1. The summed E-state index contributed by atoms with van der Waals surface area (Å²) in [5, 5.41) is 8.38. The molecule has 0 spiro atoms. The van der Waals surface area contributed by atoms with Gasteiger partial charge in [0.05, 0.1) is 19.8 Å². The molecule has 0 radical (unpaired) electrons. The van der Waals surface area contributed by atoms with Crippen LogP contribution >= 0.6 is 0 Å². The molecule has 0 heterocycles. The van der Waals surface area contributed by atoms with E-state index in [1.165, 1.54) is 13.2 Å². The summed E-state index contributed by atoms with van der Waals surface area (Å²) in [7, 11) is 2.89. The number of carbonyl (C=O) groups excluding carboxylic acids is 1. The monoisotopic (exact) mass is 444 g/mol. The Morgan fingerprint density at radius 1 is 1.03 bits per heavy atom. The summed E-state index contributed by atoms with van der Waals surface area (Å²) >= 11 is 0. The van der Waals surface area contributed by atoms with Crippen LogP contribution in [0.1, 0.15) is 35.7 Å². The number of esters is 1. The fourth-order valence-electron chi connectivity index (χ4n) is 2.54. The Morgan fingerprint density at radius 3 is 2.25 bits per heavy atom. The molecule has 0 aromatic heterocycles. The molecule has 2 unspecified atom stereocenters. The second kappa shape index (κ2) is 14.6. The van der Waals surface area contributed by atoms with Crippen LogP contribution in [0, 0.1) is 0 Å². The van der Waals surface area contributed by atoms with E-state index >= 15 is 0 Å². The van der Waals surface area contributed by atoms with Crippen LogP contribution in [0.5, 0.6) is 11.5 Å². The van der Waals surface area contributed by atoms with Crippen molar-refractivity contribution < 1.29 is 28.9 Å². The van der Waals surface area contributed by atoms with E-state index in [0.29, 0.717) is 30.1 Å². The number of carbonyl (C=O) groups is 2. The quantitative estimate of drug-likeness (QED) is 0.376. The first kappa shape index (κ1) is 26.7. The lowest BCUT2D eigenvalue weighted by molar-refractivity contribution is -0.134. The second-order valence-electron chi connectivity index (χ2n) is 6.91. The van der Waals surface area contributed by atoms with Gasteiger partial charge in [-0.2, -0.15) is 0 Å². The van der Waals surface area contributed by atoms with Crippen LogP contribution in [-0.2, 0) is 9.53 Å². The largest absolute Gasteiger partial charge is 0.493 e. The number of carboxylic acid groups (broad SMARTS) is 1. The highest BCUT2D eigenvalue weighted by molar-refractivity contribution is 5.87. The Balaban J connectivity index is 0.000000471. The van der Waals surface area contributed by atoms with Gasteiger partial charge in [0.1, 0.15) is 6.61 Å². The van der Waals surface area contributed by atoms with Crippen molar-refractivity contribution in [1.82, 2.24) is 0 Å². The maximum atomic E-state index is 11.1. The number of carboxylic acids is 1. The zero-order chi connectivity index (χ0) is 23.9. The third-order valence-electron chi connectivity index (χ3n) is 4.40. The van der Waals surface area contributed by atoms with Crippen molar-refractivity contribution >= 4 is 18.0 Å². The molecule has 0 aliphatic carbocycles. The van der Waals surface area contributed by atoms with Gasteiger partial charge in [0, 0.05) is 18.2 Å². The topological polar surface area (TPSA) is 134 Å². The van der Waals surface area contributed by atoms with Gasteiger partial charge in [0.2, 0.25) is 0 Å². The second-order valence-corrected chi connectivity index (χ2v) is 6.91. The minimum Gasteiger partial charge on any atom is -0.493 e. The molecule has 0 saturated heterocycles. The normalized spacial score (nSPS) is 12.3. The third-order valence-corrected chi connectivity index (χ3v) is 4.40. The van der Waals surface area contributed by atoms with Gasteiger partial charge in [-0.15, -0.1) is 0 Å². The summed E-state index contributed by atoms with van der Waals surface area (Å²) in [6.45, 7) is 2.39. The molecular weight excluding hydrogens is 412 g/mol. The Labute approximate surface area is 188 Å². The van der Waals surface area contributed by atoms with Crippen LogP contribution < -0.4 is 20.9 Å². The number of methoxy groups -OCH3 is 2. The SMILES string of the molecule is CCC(N)CC(N)COc1ccc(/C=C/C(=O)OC)cc1OC.O=C(O)c1ccccc1. The molecule has 2 aromatic rings. The number of hydrogen-bond acceptors (Lipinski definition) is 7. The van der Waals surface area contributed by atoms with Crippen molar-refractivity contribution in [2.24, 2.45) is 11.5 Å². The van der Waals surface area contributed by atoms with Crippen molar-refractivity contribution in [3.63, 3.8) is 0 Å². The first-order valence-corrected chi connectivity index (χ1v) is 10.2. The van der Waals surface area contributed by atoms with Crippen LogP contribution in [0.15, 0.2) is 54.6 Å². The number of aromatic carboxylic acids is 1. The molecule has 2 rings (SSSR count). The fourth-order valence-corrected chi connectivity index (χ4v) is 2.54. The zero-order valence-corrected chi connectivity index (χ0v) is 18.7. The van der Waals surface area contributed by atoms with Crippen molar-refractivity contribution in [2.75, 3.05) is 20.8 Å². The van der Waals surface area contributed by atoms with Gasteiger partial charge < -0.3 is 30.8 Å². The standard InChI is InChI=1S/C17H26N2O4.C7H6O2/c1-4-13(18)10-14(19)11-23-15-7-5-12(9-16(15)21-2)6-8-17(20)22-3;8-7(9)6-4-2-1-3-5-6/h5-9,13-14H,4,10-11,18-19H2,1-3H3;1-5H,(H,8,9)/b8-6+;. The first-order valence-electron chi connectivity index (χ1n) is 10.2. The van der Waals surface area contributed by atoms with Gasteiger partial charge in [0.15, 0.2) is 11.5 Å². The highest BCUT2D eigenvalue weighted by atomic mass is 16.5. The smallest absolute Gasteiger partial charge is 0.335 e. The molecule has 8 heteroatoms. The number of nitrogens with two attached hydrogens (primary N) is 2. The molecule has 5 N–H and O–H groups in total. The predicted octanol–water partition coefficient (Wildman–Crippen LogP) is 3.10. The minimum atomic E-state index is -0.879. The summed E-state index contributed by atoms with van der Waals surface area (Å²) in [5.74, 6) is -0.120. The summed E-state index contributed by atoms with van der Waals surface area (Å²) < 4.78 is 15.6. The van der Waals surface area contributed by atoms with E-state index in [2.05, 4.69) is 4.74 Å². The van der Waals surface area contributed by atoms with E-state index in [9.17, 15) is 9.59 Å².